The van der Waals surface area contributed by atoms with Gasteiger partial charge < -0.3 is 4.74 Å². The van der Waals surface area contributed by atoms with E-state index < -0.39 is 0 Å². The first kappa shape index (κ1) is 16.7. The first-order chi connectivity index (χ1) is 11.1. The first-order valence-corrected chi connectivity index (χ1v) is 7.69. The Morgan fingerprint density at radius 3 is 2.52 bits per heavy atom. The zero-order chi connectivity index (χ0) is 16.5. The molecule has 0 aromatic heterocycles. The van der Waals surface area contributed by atoms with Gasteiger partial charge in [0.1, 0.15) is 5.75 Å². The highest BCUT2D eigenvalue weighted by molar-refractivity contribution is 5.78. The minimum atomic E-state index is -0.264. The molecule has 2 rings (SSSR count). The Morgan fingerprint density at radius 1 is 1.13 bits per heavy atom. The molecule has 1 amide bonds. The minimum absolute atomic E-state index is 0.0427. The number of carbonyl (C=O) groups excluding carboxylic acids is 1. The molecule has 0 aliphatic carbocycles. The van der Waals surface area contributed by atoms with Gasteiger partial charge in [-0.2, -0.15) is 5.10 Å². The van der Waals surface area contributed by atoms with Crippen LogP contribution in [0, 0.1) is 13.8 Å². The standard InChI is InChI=1S/C19H22N2O2/c1-15-11-16(2)13-18(12-15)23-14-19(22)21-20-10-6-9-17-7-4-3-5-8-17/h3-5,7-8,10-13H,6,9,14H2,1-2H3,(H,21,22)/b20-10+. The smallest absolute Gasteiger partial charge is 0.277 e. The Morgan fingerprint density at radius 2 is 1.83 bits per heavy atom. The van der Waals surface area contributed by atoms with E-state index in [0.29, 0.717) is 5.75 Å². The van der Waals surface area contributed by atoms with Crippen molar-refractivity contribution >= 4 is 12.1 Å². The average Bonchev–Trinajstić information content (AvgIpc) is 2.53. The molecule has 120 valence electrons. The van der Waals surface area contributed by atoms with Crippen molar-refractivity contribution in [2.45, 2.75) is 26.7 Å². The van der Waals surface area contributed by atoms with Crippen LogP contribution in [0.15, 0.2) is 53.6 Å². The van der Waals surface area contributed by atoms with E-state index in [1.54, 1.807) is 6.21 Å². The zero-order valence-corrected chi connectivity index (χ0v) is 13.6. The Labute approximate surface area is 137 Å². The van der Waals surface area contributed by atoms with Gasteiger partial charge in [-0.05, 0) is 55.5 Å². The van der Waals surface area contributed by atoms with Gasteiger partial charge in [-0.15, -0.1) is 0 Å². The fraction of sp³-hybridized carbons (Fsp3) is 0.263. The number of benzene rings is 2. The highest BCUT2D eigenvalue weighted by atomic mass is 16.5. The first-order valence-electron chi connectivity index (χ1n) is 7.69. The van der Waals surface area contributed by atoms with Crippen LogP contribution in [0.2, 0.25) is 0 Å². The van der Waals surface area contributed by atoms with Crippen LogP contribution in [0.1, 0.15) is 23.1 Å². The summed E-state index contributed by atoms with van der Waals surface area (Å²) in [5.74, 6) is 0.436. The van der Waals surface area contributed by atoms with E-state index in [1.165, 1.54) is 5.56 Å². The highest BCUT2D eigenvalue weighted by Crippen LogP contribution is 2.15. The Kier molecular flexibility index (Phi) is 6.36. The van der Waals surface area contributed by atoms with Crippen LogP contribution >= 0.6 is 0 Å². The summed E-state index contributed by atoms with van der Waals surface area (Å²) in [4.78, 5) is 11.7. The number of rotatable bonds is 7. The van der Waals surface area contributed by atoms with E-state index in [9.17, 15) is 4.79 Å². The maximum atomic E-state index is 11.7. The Balaban J connectivity index is 1.67. The monoisotopic (exact) mass is 310 g/mol. The fourth-order valence-electron chi connectivity index (χ4n) is 2.26. The van der Waals surface area contributed by atoms with Gasteiger partial charge in [0, 0.05) is 6.21 Å². The molecular weight excluding hydrogens is 288 g/mol. The summed E-state index contributed by atoms with van der Waals surface area (Å²) >= 11 is 0. The molecule has 0 spiro atoms. The fourth-order valence-corrected chi connectivity index (χ4v) is 2.26. The number of hydrazone groups is 1. The highest BCUT2D eigenvalue weighted by Gasteiger charge is 2.02. The molecule has 1 N–H and O–H groups in total. The van der Waals surface area contributed by atoms with Gasteiger partial charge in [-0.25, -0.2) is 5.43 Å². The van der Waals surface area contributed by atoms with Gasteiger partial charge in [0.2, 0.25) is 0 Å². The number of nitrogens with one attached hydrogen (secondary N) is 1. The number of aryl methyl sites for hydroxylation is 3. The second-order valence-corrected chi connectivity index (χ2v) is 5.48. The van der Waals surface area contributed by atoms with Crippen LogP contribution < -0.4 is 10.2 Å². The van der Waals surface area contributed by atoms with Crippen molar-refractivity contribution in [1.82, 2.24) is 5.43 Å². The van der Waals surface area contributed by atoms with Crippen LogP contribution in [0.25, 0.3) is 0 Å². The summed E-state index contributed by atoms with van der Waals surface area (Å²) in [5, 5.41) is 3.93. The van der Waals surface area contributed by atoms with E-state index in [2.05, 4.69) is 28.7 Å². The Bertz CT molecular complexity index is 646. The third-order valence-electron chi connectivity index (χ3n) is 3.25. The lowest BCUT2D eigenvalue weighted by Crippen LogP contribution is -2.24. The summed E-state index contributed by atoms with van der Waals surface area (Å²) in [6.45, 7) is 3.95. The van der Waals surface area contributed by atoms with Gasteiger partial charge in [0.25, 0.3) is 5.91 Å². The molecule has 0 heterocycles. The number of carbonyl (C=O) groups is 1. The summed E-state index contributed by atoms with van der Waals surface area (Å²) in [6.07, 6.45) is 3.39. The van der Waals surface area contributed by atoms with Gasteiger partial charge in [0.05, 0.1) is 0 Å². The van der Waals surface area contributed by atoms with Gasteiger partial charge >= 0.3 is 0 Å². The lowest BCUT2D eigenvalue weighted by molar-refractivity contribution is -0.123. The van der Waals surface area contributed by atoms with E-state index in [-0.39, 0.29) is 12.5 Å². The zero-order valence-electron chi connectivity index (χ0n) is 13.6. The van der Waals surface area contributed by atoms with Crippen molar-refractivity contribution in [1.29, 1.82) is 0 Å². The molecule has 2 aromatic carbocycles. The maximum absolute atomic E-state index is 11.7. The molecule has 0 bridgehead atoms. The van der Waals surface area contributed by atoms with Crippen LogP contribution in [0.5, 0.6) is 5.75 Å². The van der Waals surface area contributed by atoms with Crippen LogP contribution in [0.4, 0.5) is 0 Å². The second kappa shape index (κ2) is 8.73. The molecule has 23 heavy (non-hydrogen) atoms. The summed E-state index contributed by atoms with van der Waals surface area (Å²) in [7, 11) is 0. The van der Waals surface area contributed by atoms with Crippen molar-refractivity contribution in [2.75, 3.05) is 6.61 Å². The van der Waals surface area contributed by atoms with Gasteiger partial charge in [0.15, 0.2) is 6.61 Å². The van der Waals surface area contributed by atoms with Crippen LogP contribution in [-0.2, 0) is 11.2 Å². The number of ether oxygens (including phenoxy) is 1. The predicted molar refractivity (Wildman–Crippen MR) is 92.8 cm³/mol. The van der Waals surface area contributed by atoms with Crippen molar-refractivity contribution < 1.29 is 9.53 Å². The maximum Gasteiger partial charge on any atom is 0.277 e. The molecule has 0 unspecified atom stereocenters. The number of hydrogen-bond donors (Lipinski definition) is 1. The number of amides is 1. The predicted octanol–water partition coefficient (Wildman–Crippen LogP) is 3.42. The molecule has 0 aliphatic heterocycles. The molecule has 2 aromatic rings. The molecule has 0 atom stereocenters. The molecule has 0 saturated heterocycles. The van der Waals surface area contributed by atoms with E-state index in [0.717, 1.165) is 24.0 Å². The summed E-state index contributed by atoms with van der Waals surface area (Å²) in [6, 6.07) is 16.0. The minimum Gasteiger partial charge on any atom is -0.484 e. The van der Waals surface area contributed by atoms with Gasteiger partial charge in [-0.1, -0.05) is 36.4 Å². The van der Waals surface area contributed by atoms with Gasteiger partial charge in [-0.3, -0.25) is 4.79 Å². The lowest BCUT2D eigenvalue weighted by atomic mass is 10.1. The molecular formula is C19H22N2O2. The molecule has 0 fully saturated rings. The lowest BCUT2D eigenvalue weighted by Gasteiger charge is -2.07. The van der Waals surface area contributed by atoms with Crippen LogP contribution in [-0.4, -0.2) is 18.7 Å². The average molecular weight is 310 g/mol. The molecule has 0 saturated carbocycles. The van der Waals surface area contributed by atoms with E-state index in [1.807, 2.05) is 44.2 Å². The quantitative estimate of drug-likeness (QED) is 0.629. The van der Waals surface area contributed by atoms with E-state index in [4.69, 9.17) is 4.74 Å². The number of nitrogens with zero attached hydrogens (tertiary/aromatic N) is 1. The summed E-state index contributed by atoms with van der Waals surface area (Å²) in [5.41, 5.74) is 5.95. The van der Waals surface area contributed by atoms with Crippen molar-refractivity contribution in [3.63, 3.8) is 0 Å². The van der Waals surface area contributed by atoms with E-state index >= 15 is 0 Å². The third-order valence-corrected chi connectivity index (χ3v) is 3.25. The molecule has 4 heteroatoms. The topological polar surface area (TPSA) is 50.7 Å². The Hall–Kier alpha value is -2.62. The van der Waals surface area contributed by atoms with Crippen LogP contribution in [0.3, 0.4) is 0 Å². The molecule has 0 aliphatic rings. The normalized spacial score (nSPS) is 10.7. The van der Waals surface area contributed by atoms with Crippen molar-refractivity contribution in [2.24, 2.45) is 5.10 Å². The van der Waals surface area contributed by atoms with Crippen molar-refractivity contribution in [3.05, 3.63) is 65.2 Å². The number of hydrogen-bond acceptors (Lipinski definition) is 3. The van der Waals surface area contributed by atoms with Crippen molar-refractivity contribution in [3.8, 4) is 5.75 Å². The summed E-state index contributed by atoms with van der Waals surface area (Å²) < 4.78 is 5.47. The second-order valence-electron chi connectivity index (χ2n) is 5.48. The SMILES string of the molecule is Cc1cc(C)cc(OCC(=O)N/N=C/CCc2ccccc2)c1. The largest absolute Gasteiger partial charge is 0.484 e. The third kappa shape index (κ3) is 6.34. The molecule has 0 radical (unpaired) electrons. The molecule has 4 nitrogen and oxygen atoms in total.